The van der Waals surface area contributed by atoms with Crippen molar-refractivity contribution in [2.24, 2.45) is 5.92 Å². The normalized spacial score (nSPS) is 20.0. The van der Waals surface area contributed by atoms with Crippen LogP contribution < -0.4 is 0 Å². The van der Waals surface area contributed by atoms with Crippen molar-refractivity contribution in [3.05, 3.63) is 67.6 Å². The van der Waals surface area contributed by atoms with Crippen LogP contribution in [0.1, 0.15) is 47.9 Å². The Balaban J connectivity index is 1.56. The number of benzene rings is 2. The first-order valence-electron chi connectivity index (χ1n) is 13.0. The van der Waals surface area contributed by atoms with Gasteiger partial charge in [0.15, 0.2) is 13.2 Å². The molecule has 11 heteroatoms. The number of amides is 2. The largest absolute Gasteiger partial charge is 0.353 e. The number of halogens is 2. The molecule has 2 aliphatic heterocycles. The van der Waals surface area contributed by atoms with E-state index in [1.807, 2.05) is 6.92 Å². The molecule has 2 aromatic rings. The third-order valence-electron chi connectivity index (χ3n) is 8.02. The molecule has 1 atom stereocenters. The molecular formula is C28H35Br2N2O6S+. The fourth-order valence-electron chi connectivity index (χ4n) is 5.99. The lowest BCUT2D eigenvalue weighted by atomic mass is 9.75. The topological polar surface area (TPSA) is 101 Å². The van der Waals surface area contributed by atoms with E-state index in [0.717, 1.165) is 34.9 Å². The van der Waals surface area contributed by atoms with Crippen LogP contribution in [-0.4, -0.2) is 78.9 Å². The van der Waals surface area contributed by atoms with E-state index in [1.165, 1.54) is 22.3 Å². The number of hydrogen-bond acceptors (Lipinski definition) is 6. The van der Waals surface area contributed by atoms with E-state index in [-0.39, 0.29) is 31.7 Å². The zero-order valence-electron chi connectivity index (χ0n) is 22.4. The Hall–Kier alpha value is -1.47. The second-order valence-electron chi connectivity index (χ2n) is 10.9. The first-order chi connectivity index (χ1) is 18.3. The van der Waals surface area contributed by atoms with Crippen LogP contribution in [0.5, 0.6) is 0 Å². The smallest absolute Gasteiger partial charge is 0.347 e. The third kappa shape index (κ3) is 6.89. The molecule has 0 saturated carbocycles. The fraction of sp³-hybridized carbons (Fsp3) is 0.500. The van der Waals surface area contributed by atoms with Gasteiger partial charge in [-0.3, -0.25) is 9.45 Å². The first kappa shape index (κ1) is 30.5. The van der Waals surface area contributed by atoms with Crippen molar-refractivity contribution in [3.8, 4) is 0 Å². The van der Waals surface area contributed by atoms with Crippen LogP contribution in [-0.2, 0) is 24.4 Å². The minimum atomic E-state index is -4.57. The zero-order valence-corrected chi connectivity index (χ0v) is 26.4. The molecule has 1 unspecified atom stereocenters. The van der Waals surface area contributed by atoms with Crippen molar-refractivity contribution in [2.75, 3.05) is 38.7 Å². The first-order valence-corrected chi connectivity index (χ1v) is 16.2. The molecule has 212 valence electrons. The average Bonchev–Trinajstić information content (AvgIpc) is 2.84. The Labute approximate surface area is 247 Å². The maximum Gasteiger partial charge on any atom is 0.347 e. The molecule has 0 spiro atoms. The van der Waals surface area contributed by atoms with Crippen LogP contribution in [0.4, 0.5) is 0 Å². The summed E-state index contributed by atoms with van der Waals surface area (Å²) in [5.41, 5.74) is 4.84. The number of ether oxygens (including phenoxy) is 1. The molecule has 2 heterocycles. The van der Waals surface area contributed by atoms with E-state index in [0.29, 0.717) is 5.92 Å². The molecule has 2 aromatic carbocycles. The van der Waals surface area contributed by atoms with Gasteiger partial charge in [-0.1, -0.05) is 56.1 Å². The van der Waals surface area contributed by atoms with Crippen molar-refractivity contribution in [2.45, 2.75) is 45.6 Å². The minimum absolute atomic E-state index is 0.0259. The Morgan fingerprint density at radius 3 is 1.90 bits per heavy atom. The lowest BCUT2D eigenvalue weighted by Crippen LogP contribution is -2.67. The van der Waals surface area contributed by atoms with Crippen molar-refractivity contribution in [1.29, 1.82) is 0 Å². The van der Waals surface area contributed by atoms with Crippen molar-refractivity contribution in [3.63, 3.8) is 0 Å². The number of nitrogens with zero attached hydrogens (tertiary/aromatic N) is 2. The van der Waals surface area contributed by atoms with Gasteiger partial charge < -0.3 is 4.74 Å². The van der Waals surface area contributed by atoms with Gasteiger partial charge in [0, 0.05) is 14.9 Å². The number of quaternary nitrogens is 1. The fourth-order valence-corrected chi connectivity index (χ4v) is 8.43. The predicted molar refractivity (Wildman–Crippen MR) is 156 cm³/mol. The van der Waals surface area contributed by atoms with Crippen LogP contribution in [0.3, 0.4) is 0 Å². The Bertz CT molecular complexity index is 1290. The van der Waals surface area contributed by atoms with Crippen molar-refractivity contribution >= 4 is 53.8 Å². The van der Waals surface area contributed by atoms with Crippen LogP contribution >= 0.6 is 31.9 Å². The van der Waals surface area contributed by atoms with Crippen molar-refractivity contribution < 1.29 is 31.8 Å². The third-order valence-corrected chi connectivity index (χ3v) is 10.2. The van der Waals surface area contributed by atoms with Gasteiger partial charge in [-0.15, -0.1) is 0 Å². The van der Waals surface area contributed by atoms with Gasteiger partial charge in [-0.25, -0.2) is 9.59 Å². The number of piperidine rings is 1. The summed E-state index contributed by atoms with van der Waals surface area (Å²) in [5, 5.41) is 0. The van der Waals surface area contributed by atoms with Gasteiger partial charge in [-0.2, -0.15) is 12.9 Å². The Morgan fingerprint density at radius 2 is 1.46 bits per heavy atom. The number of rotatable bonds is 8. The summed E-state index contributed by atoms with van der Waals surface area (Å²) >= 11 is 7.62. The lowest BCUT2D eigenvalue weighted by molar-refractivity contribution is -0.774. The Kier molecular flexibility index (Phi) is 9.52. The van der Waals surface area contributed by atoms with E-state index in [4.69, 9.17) is 4.74 Å². The number of carbonyl (C=O) groups is 2. The molecule has 0 radical (unpaired) electrons. The highest BCUT2D eigenvalue weighted by Gasteiger charge is 2.52. The number of likely N-dealkylation sites (tertiary alicyclic amines) is 1. The summed E-state index contributed by atoms with van der Waals surface area (Å²) in [6, 6.07) is 12.7. The number of hydrogen-bond donors (Lipinski definition) is 1. The molecule has 39 heavy (non-hydrogen) atoms. The van der Waals surface area contributed by atoms with Gasteiger partial charge in [0.2, 0.25) is 5.88 Å². The van der Waals surface area contributed by atoms with Crippen LogP contribution in [0.15, 0.2) is 45.3 Å². The monoisotopic (exact) mass is 685 g/mol. The molecule has 2 aliphatic rings. The molecule has 2 amide bonds. The van der Waals surface area contributed by atoms with Gasteiger partial charge in [0.25, 0.3) is 0 Å². The SMILES string of the molecule is Cc1ccc(C(c2ccc(C)cc2Br)C2CCN(C(C)C[N+]3(CS(=O)(=O)O)C(=O)COCC3=O)CC2)c(Br)c1. The summed E-state index contributed by atoms with van der Waals surface area (Å²) in [6.07, 6.45) is 1.78. The summed E-state index contributed by atoms with van der Waals surface area (Å²) < 4.78 is 39.5. The van der Waals surface area contributed by atoms with E-state index >= 15 is 0 Å². The molecule has 0 aromatic heterocycles. The van der Waals surface area contributed by atoms with E-state index in [2.05, 4.69) is 87.0 Å². The zero-order chi connectivity index (χ0) is 28.5. The molecule has 0 aliphatic carbocycles. The highest BCUT2D eigenvalue weighted by molar-refractivity contribution is 9.10. The summed E-state index contributed by atoms with van der Waals surface area (Å²) in [7, 11) is -4.57. The molecule has 0 bridgehead atoms. The molecular weight excluding hydrogens is 652 g/mol. The summed E-state index contributed by atoms with van der Waals surface area (Å²) in [6.45, 7) is 6.80. The van der Waals surface area contributed by atoms with Gasteiger partial charge >= 0.3 is 21.9 Å². The van der Waals surface area contributed by atoms with E-state index in [1.54, 1.807) is 0 Å². The molecule has 4 rings (SSSR count). The molecule has 2 saturated heterocycles. The molecule has 1 N–H and O–H groups in total. The quantitative estimate of drug-likeness (QED) is 0.242. The van der Waals surface area contributed by atoms with E-state index in [9.17, 15) is 22.6 Å². The van der Waals surface area contributed by atoms with Gasteiger partial charge in [-0.05, 0) is 87.0 Å². The second kappa shape index (κ2) is 12.2. The average molecular weight is 687 g/mol. The second-order valence-corrected chi connectivity index (χ2v) is 14.0. The maximum absolute atomic E-state index is 12.8. The lowest BCUT2D eigenvalue weighted by Gasteiger charge is -2.42. The maximum atomic E-state index is 12.8. The van der Waals surface area contributed by atoms with Crippen LogP contribution in [0, 0.1) is 19.8 Å². The summed E-state index contributed by atoms with van der Waals surface area (Å²) in [4.78, 5) is 27.8. The van der Waals surface area contributed by atoms with Gasteiger partial charge in [0.1, 0.15) is 6.54 Å². The van der Waals surface area contributed by atoms with Crippen molar-refractivity contribution in [1.82, 2.24) is 4.90 Å². The standard InChI is InChI=1S/C28H34Br2N2O6S/c1-18-4-6-22(24(29)12-18)28(23-7-5-19(2)13-25(23)30)21-8-10-31(11-9-21)20(3)14-32(17-39(35,36)37)26(33)15-38-16-27(32)34/h4-7,12-13,20-21,28H,8-11,14-17H2,1-3H3/p+1. The predicted octanol–water partition coefficient (Wildman–Crippen LogP) is 4.81. The number of carbonyl (C=O) groups excluding carboxylic acids is 2. The number of aryl methyl sites for hydroxylation is 2. The minimum Gasteiger partial charge on any atom is -0.353 e. The molecule has 8 nitrogen and oxygen atoms in total. The van der Waals surface area contributed by atoms with Crippen LogP contribution in [0.2, 0.25) is 0 Å². The van der Waals surface area contributed by atoms with Gasteiger partial charge in [0.05, 0.1) is 6.04 Å². The molecule has 2 fully saturated rings. The number of morpholine rings is 1. The van der Waals surface area contributed by atoms with E-state index < -0.39 is 32.3 Å². The number of imide groups is 1. The summed E-state index contributed by atoms with van der Waals surface area (Å²) in [5.74, 6) is -1.73. The Morgan fingerprint density at radius 1 is 0.974 bits per heavy atom. The highest BCUT2D eigenvalue weighted by Crippen LogP contribution is 2.44. The van der Waals surface area contributed by atoms with Crippen LogP contribution in [0.25, 0.3) is 0 Å². The highest BCUT2D eigenvalue weighted by atomic mass is 79.9.